The summed E-state index contributed by atoms with van der Waals surface area (Å²) in [5.41, 5.74) is 11.5. The van der Waals surface area contributed by atoms with Gasteiger partial charge < -0.3 is 20.5 Å². The molecule has 22 heteroatoms. The van der Waals surface area contributed by atoms with Gasteiger partial charge >= 0.3 is 0 Å². The van der Waals surface area contributed by atoms with Gasteiger partial charge in [-0.05, 0) is 174 Å². The average molecular weight is 1360 g/mol. The van der Waals surface area contributed by atoms with Gasteiger partial charge in [-0.25, -0.2) is 18.1 Å². The second kappa shape index (κ2) is 29.5. The number of fused-ring (bicyclic) bond motifs is 2. The van der Waals surface area contributed by atoms with Crippen molar-refractivity contribution in [3.63, 3.8) is 0 Å². The van der Waals surface area contributed by atoms with Gasteiger partial charge in [-0.15, -0.1) is 10.2 Å². The molecule has 0 amide bonds. The number of nitriles is 2. The van der Waals surface area contributed by atoms with Gasteiger partial charge in [-0.1, -0.05) is 105 Å². The highest BCUT2D eigenvalue weighted by atomic mass is 35.5. The summed E-state index contributed by atoms with van der Waals surface area (Å²) in [6.45, 7) is 18.0. The van der Waals surface area contributed by atoms with Crippen molar-refractivity contribution in [2.45, 2.75) is 128 Å². The fourth-order valence-electron chi connectivity index (χ4n) is 12.8. The van der Waals surface area contributed by atoms with Crippen molar-refractivity contribution in [1.29, 1.82) is 10.5 Å². The number of aliphatic hydroxyl groups excluding tert-OH is 1. The van der Waals surface area contributed by atoms with Gasteiger partial charge in [-0.3, -0.25) is 19.8 Å². The summed E-state index contributed by atoms with van der Waals surface area (Å²) in [7, 11) is 1.69. The topological polar surface area (TPSA) is 195 Å². The Hall–Kier alpha value is -8.14. The van der Waals surface area contributed by atoms with Crippen LogP contribution in [0.5, 0.6) is 0 Å². The number of hydrogen-bond acceptors (Lipinski definition) is 14. The van der Waals surface area contributed by atoms with Gasteiger partial charge in [0.05, 0.1) is 90.3 Å². The maximum Gasteiger partial charge on any atom is 0.141 e. The Bertz CT molecular complexity index is 4500. The van der Waals surface area contributed by atoms with Crippen LogP contribution in [-0.2, 0) is 30.8 Å². The number of pyridine rings is 2. The third-order valence-corrected chi connectivity index (χ3v) is 19.2. The fourth-order valence-corrected chi connectivity index (χ4v) is 13.8. The number of methoxy groups -OCH3 is 1. The van der Waals surface area contributed by atoms with Crippen LogP contribution in [0.2, 0.25) is 20.1 Å². The van der Waals surface area contributed by atoms with E-state index in [2.05, 4.69) is 124 Å². The molecule has 2 aliphatic rings. The van der Waals surface area contributed by atoms with E-state index in [1.165, 1.54) is 36.7 Å². The summed E-state index contributed by atoms with van der Waals surface area (Å²) in [5, 5.41) is 57.2. The van der Waals surface area contributed by atoms with Crippen LogP contribution in [-0.4, -0.2) is 99.2 Å². The summed E-state index contributed by atoms with van der Waals surface area (Å²) < 4.78 is 37.3. The molecule has 16 nitrogen and oxygen atoms in total. The Morgan fingerprint density at radius 1 is 0.568 bits per heavy atom. The van der Waals surface area contributed by atoms with Crippen LogP contribution in [0, 0.1) is 34.3 Å². The molecule has 6 aromatic carbocycles. The lowest BCUT2D eigenvalue weighted by molar-refractivity contribution is 0.0864. The second-order valence-corrected chi connectivity index (χ2v) is 28.0. The summed E-state index contributed by atoms with van der Waals surface area (Å²) in [6.07, 6.45) is 12.2. The zero-order chi connectivity index (χ0) is 67.3. The number of aromatic nitrogens is 8. The molecule has 2 fully saturated rings. The first kappa shape index (κ1) is 68.3. The lowest BCUT2D eigenvalue weighted by atomic mass is 9.88. The number of halogens is 6. The zero-order valence-electron chi connectivity index (χ0n) is 54.0. The molecule has 0 spiro atoms. The molecule has 0 unspecified atom stereocenters. The number of nitrogens with one attached hydrogen (secondary N) is 2. The Morgan fingerprint density at radius 3 is 1.38 bits per heavy atom. The number of likely N-dealkylation sites (tertiary alicyclic amines) is 2. The smallest absolute Gasteiger partial charge is 0.141 e. The minimum Gasteiger partial charge on any atom is -0.392 e. The minimum absolute atomic E-state index is 0.0260. The first-order valence-corrected chi connectivity index (χ1v) is 33.2. The van der Waals surface area contributed by atoms with E-state index in [9.17, 15) is 24.4 Å². The van der Waals surface area contributed by atoms with Crippen LogP contribution in [0.3, 0.4) is 0 Å². The molecular weight excluding hydrogens is 1280 g/mol. The van der Waals surface area contributed by atoms with Gasteiger partial charge in [0.1, 0.15) is 23.8 Å². The van der Waals surface area contributed by atoms with Crippen molar-refractivity contribution < 1.29 is 18.6 Å². The van der Waals surface area contributed by atoms with E-state index in [1.807, 2.05) is 70.0 Å². The Balaban J connectivity index is 0.000000193. The Labute approximate surface area is 572 Å². The lowest BCUT2D eigenvalue weighted by Crippen LogP contribution is -2.46. The normalized spacial score (nSPS) is 15.1. The molecule has 12 rings (SSSR count). The SMILES string of the molecule is CC(C)(C)N1CCC(n2cc([C@@H](Cc3cc(Cl)c4ncc(C#N)c(Nc5ccc(F)c(Cl)c5)c4c3)c3cccc(CO)c3)nn2)CC1.COCc1cccc([C@H](Cc2cc(Cl)c3ncc(C#N)c(Nc4ccc(F)c(Cl)c4)c3c2)c2cn(C3CCN(C(C)(C)C)CC3)nn2)c1. The van der Waals surface area contributed by atoms with E-state index in [1.54, 1.807) is 19.2 Å². The van der Waals surface area contributed by atoms with Crippen LogP contribution < -0.4 is 10.6 Å². The van der Waals surface area contributed by atoms with E-state index in [4.69, 9.17) is 56.2 Å². The first-order chi connectivity index (χ1) is 45.6. The lowest BCUT2D eigenvalue weighted by Gasteiger charge is -2.40. The predicted molar refractivity (Wildman–Crippen MR) is 372 cm³/mol. The molecule has 0 saturated carbocycles. The van der Waals surface area contributed by atoms with Gasteiger partial charge in [0.2, 0.25) is 0 Å². The quantitative estimate of drug-likeness (QED) is 0.0779. The number of ether oxygens (including phenoxy) is 1. The fraction of sp³-hybridized carbons (Fsp3) is 0.342. The molecule has 2 aliphatic heterocycles. The molecule has 2 atom stereocenters. The molecule has 95 heavy (non-hydrogen) atoms. The third-order valence-electron chi connectivity index (χ3n) is 18.0. The second-order valence-electron chi connectivity index (χ2n) is 26.4. The van der Waals surface area contributed by atoms with E-state index >= 15 is 0 Å². The summed E-state index contributed by atoms with van der Waals surface area (Å²) >= 11 is 25.8. The average Bonchev–Trinajstić information content (AvgIpc) is 0.895. The monoisotopic (exact) mass is 1360 g/mol. The summed E-state index contributed by atoms with van der Waals surface area (Å²) in [4.78, 5) is 14.0. The highest BCUT2D eigenvalue weighted by Gasteiger charge is 2.32. The number of piperidine rings is 2. The molecule has 2 saturated heterocycles. The first-order valence-electron chi connectivity index (χ1n) is 31.7. The summed E-state index contributed by atoms with van der Waals surface area (Å²) in [5.74, 6) is -1.40. The maximum atomic E-state index is 13.9. The van der Waals surface area contributed by atoms with Gasteiger partial charge in [0.25, 0.3) is 0 Å². The molecule has 490 valence electrons. The standard InChI is InChI=1S/C37H38Cl2FN7O.C36H36Cl2FN7O/c1-37(2,3)46-12-10-28(11-13-46)47-21-34(44-45-47)29(25-7-5-6-23(14-25)22-48-4)15-24-16-30-35(43-27-8-9-33(40)31(38)18-27)26(19-41)20-42-36(30)32(39)17-24;1-36(2,3)45-11-9-27(10-12-45)46-20-33(43-44-46)28(24-6-4-5-22(13-24)21-47)14-23-15-29-34(42-26-7-8-32(39)30(37)17-26)25(18-40)19-41-35(29)31(38)16-23/h5-9,14,16-18,20-21,28-29H,10-13,15,22H2,1-4H3,(H,42,43);4-8,13,15-17,19-20,27-28,47H,9-12,14,21H2,1-3H3,(H,41,42)/t29-;28-/m00/s1. The highest BCUT2D eigenvalue weighted by molar-refractivity contribution is 6.36. The van der Waals surface area contributed by atoms with E-state index in [0.717, 1.165) is 96.6 Å². The molecule has 6 heterocycles. The predicted octanol–water partition coefficient (Wildman–Crippen LogP) is 17.0. The van der Waals surface area contributed by atoms with E-state index < -0.39 is 11.6 Å². The van der Waals surface area contributed by atoms with Crippen molar-refractivity contribution in [3.8, 4) is 12.1 Å². The molecule has 3 N–H and O–H groups in total. The highest BCUT2D eigenvalue weighted by Crippen LogP contribution is 2.40. The van der Waals surface area contributed by atoms with Crippen molar-refractivity contribution in [2.75, 3.05) is 43.9 Å². The number of aliphatic hydroxyl groups is 1. The number of hydrogen-bond donors (Lipinski definition) is 3. The van der Waals surface area contributed by atoms with Crippen LogP contribution in [0.1, 0.15) is 147 Å². The Morgan fingerprint density at radius 2 is 0.989 bits per heavy atom. The van der Waals surface area contributed by atoms with Crippen LogP contribution in [0.4, 0.5) is 31.5 Å². The summed E-state index contributed by atoms with van der Waals surface area (Å²) in [6, 6.07) is 37.6. The number of anilines is 4. The largest absolute Gasteiger partial charge is 0.392 e. The number of rotatable bonds is 17. The maximum absolute atomic E-state index is 13.9. The van der Waals surface area contributed by atoms with Crippen LogP contribution >= 0.6 is 46.4 Å². The third kappa shape index (κ3) is 15.9. The minimum atomic E-state index is -0.536. The van der Waals surface area contributed by atoms with Gasteiger partial charge in [-0.2, -0.15) is 10.5 Å². The number of nitrogens with zero attached hydrogens (tertiary/aromatic N) is 12. The van der Waals surface area contributed by atoms with Gasteiger partial charge in [0.15, 0.2) is 0 Å². The zero-order valence-corrected chi connectivity index (χ0v) is 57.0. The molecular formula is C73H74Cl4F2N14O2. The van der Waals surface area contributed by atoms with Crippen LogP contribution in [0.25, 0.3) is 21.8 Å². The molecule has 0 radical (unpaired) electrons. The number of benzene rings is 6. The van der Waals surface area contributed by atoms with E-state index in [-0.39, 0.29) is 51.6 Å². The Kier molecular flexibility index (Phi) is 21.2. The van der Waals surface area contributed by atoms with Crippen molar-refractivity contribution in [1.82, 2.24) is 49.8 Å². The van der Waals surface area contributed by atoms with E-state index in [0.29, 0.717) is 85.2 Å². The van der Waals surface area contributed by atoms with Crippen molar-refractivity contribution >= 4 is 91.0 Å². The molecule has 10 aromatic rings. The molecule has 4 aromatic heterocycles. The molecule has 0 aliphatic carbocycles. The van der Waals surface area contributed by atoms with Gasteiger partial charge in [0, 0.05) is 103 Å². The van der Waals surface area contributed by atoms with Crippen molar-refractivity contribution in [2.24, 2.45) is 0 Å². The van der Waals surface area contributed by atoms with Crippen molar-refractivity contribution in [3.05, 3.63) is 222 Å². The van der Waals surface area contributed by atoms with Crippen LogP contribution in [0.15, 0.2) is 134 Å². The molecule has 0 bridgehead atoms.